The summed E-state index contributed by atoms with van der Waals surface area (Å²) in [5.74, 6) is 0. The van der Waals surface area contributed by atoms with Crippen LogP contribution in [-0.2, 0) is 5.54 Å². The first-order valence-corrected chi connectivity index (χ1v) is 4.64. The second-order valence-corrected chi connectivity index (χ2v) is 4.62. The Hall–Kier alpha value is -0.990. The smallest absolute Gasteiger partial charge is 0.297 e. The highest BCUT2D eigenvalue weighted by molar-refractivity contribution is 4.89. The van der Waals surface area contributed by atoms with Gasteiger partial charge in [0.15, 0.2) is 0 Å². The average Bonchev–Trinajstić information content (AvgIpc) is 2.28. The fourth-order valence-electron chi connectivity index (χ4n) is 1.29. The van der Waals surface area contributed by atoms with Gasteiger partial charge in [-0.3, -0.25) is 9.13 Å². The number of hydrogen-bond donors (Lipinski definition) is 0. The molecule has 0 radical (unpaired) electrons. The Morgan fingerprint density at radius 1 is 1.23 bits per heavy atom. The Kier molecular flexibility index (Phi) is 2.37. The molecule has 3 heteroatoms. The van der Waals surface area contributed by atoms with E-state index in [1.54, 1.807) is 9.13 Å². The highest BCUT2D eigenvalue weighted by atomic mass is 16.1. The van der Waals surface area contributed by atoms with Crippen LogP contribution in [0.1, 0.15) is 40.7 Å². The molecule has 0 saturated heterocycles. The Morgan fingerprint density at radius 3 is 2.00 bits per heavy atom. The zero-order valence-electron chi connectivity index (χ0n) is 9.03. The number of nitrogens with zero attached hydrogens (tertiary/aromatic N) is 2. The fourth-order valence-corrected chi connectivity index (χ4v) is 1.29. The SMILES string of the molecule is CC(C)n1ccn(C(C)(C)C)c1=O. The van der Waals surface area contributed by atoms with Crippen LogP contribution in [0.3, 0.4) is 0 Å². The number of aromatic nitrogens is 2. The van der Waals surface area contributed by atoms with Crippen LogP contribution >= 0.6 is 0 Å². The summed E-state index contributed by atoms with van der Waals surface area (Å²) in [5.41, 5.74) is -0.0560. The first kappa shape index (κ1) is 10.1. The van der Waals surface area contributed by atoms with E-state index >= 15 is 0 Å². The largest absolute Gasteiger partial charge is 0.328 e. The summed E-state index contributed by atoms with van der Waals surface area (Å²) in [6.45, 7) is 10.1. The lowest BCUT2D eigenvalue weighted by Crippen LogP contribution is -2.34. The van der Waals surface area contributed by atoms with E-state index in [4.69, 9.17) is 0 Å². The van der Waals surface area contributed by atoms with Gasteiger partial charge in [0.05, 0.1) is 0 Å². The quantitative estimate of drug-likeness (QED) is 0.652. The molecule has 0 amide bonds. The molecule has 0 atom stereocenters. The maximum absolute atomic E-state index is 11.8. The van der Waals surface area contributed by atoms with Crippen LogP contribution in [-0.4, -0.2) is 9.13 Å². The van der Waals surface area contributed by atoms with Crippen molar-refractivity contribution in [2.75, 3.05) is 0 Å². The van der Waals surface area contributed by atoms with Gasteiger partial charge in [0.2, 0.25) is 0 Å². The zero-order valence-corrected chi connectivity index (χ0v) is 9.03. The van der Waals surface area contributed by atoms with Gasteiger partial charge < -0.3 is 0 Å². The molecular formula is C10H18N2O. The lowest BCUT2D eigenvalue weighted by molar-refractivity contribution is 0.375. The Bertz CT molecular complexity index is 339. The monoisotopic (exact) mass is 182 g/mol. The zero-order chi connectivity index (χ0) is 10.2. The predicted molar refractivity (Wildman–Crippen MR) is 54.1 cm³/mol. The van der Waals surface area contributed by atoms with Crippen molar-refractivity contribution in [3.8, 4) is 0 Å². The Balaban J connectivity index is 3.23. The van der Waals surface area contributed by atoms with E-state index in [2.05, 4.69) is 0 Å². The molecule has 0 aromatic carbocycles. The summed E-state index contributed by atoms with van der Waals surface area (Å²) >= 11 is 0. The number of rotatable bonds is 1. The molecular weight excluding hydrogens is 164 g/mol. The van der Waals surface area contributed by atoms with Gasteiger partial charge in [0, 0.05) is 24.0 Å². The van der Waals surface area contributed by atoms with Crippen molar-refractivity contribution in [3.63, 3.8) is 0 Å². The topological polar surface area (TPSA) is 26.9 Å². The highest BCUT2D eigenvalue weighted by Gasteiger charge is 2.17. The molecule has 1 heterocycles. The Labute approximate surface area is 79.0 Å². The third kappa shape index (κ3) is 1.85. The Morgan fingerprint density at radius 2 is 1.77 bits per heavy atom. The van der Waals surface area contributed by atoms with Gasteiger partial charge in [-0.1, -0.05) is 0 Å². The maximum atomic E-state index is 11.8. The maximum Gasteiger partial charge on any atom is 0.328 e. The summed E-state index contributed by atoms with van der Waals surface area (Å²) in [6, 6.07) is 0.232. The second kappa shape index (κ2) is 3.05. The molecule has 0 fully saturated rings. The summed E-state index contributed by atoms with van der Waals surface area (Å²) < 4.78 is 3.50. The van der Waals surface area contributed by atoms with E-state index in [9.17, 15) is 4.79 Å². The van der Waals surface area contributed by atoms with Crippen LogP contribution < -0.4 is 5.69 Å². The molecule has 0 saturated carbocycles. The van der Waals surface area contributed by atoms with Crippen molar-refractivity contribution in [2.45, 2.75) is 46.2 Å². The van der Waals surface area contributed by atoms with Gasteiger partial charge in [-0.2, -0.15) is 0 Å². The summed E-state index contributed by atoms with van der Waals surface area (Å²) in [7, 11) is 0. The number of imidazole rings is 1. The average molecular weight is 182 g/mol. The lowest BCUT2D eigenvalue weighted by Gasteiger charge is -2.19. The van der Waals surface area contributed by atoms with Crippen LogP contribution in [0, 0.1) is 0 Å². The van der Waals surface area contributed by atoms with E-state index in [-0.39, 0.29) is 17.3 Å². The molecule has 1 rings (SSSR count). The standard InChI is InChI=1S/C10H18N2O/c1-8(2)11-6-7-12(9(11)13)10(3,4)5/h6-8H,1-5H3. The molecule has 3 nitrogen and oxygen atoms in total. The summed E-state index contributed by atoms with van der Waals surface area (Å²) in [4.78, 5) is 11.8. The van der Waals surface area contributed by atoms with Gasteiger partial charge in [0.1, 0.15) is 0 Å². The molecule has 0 aliphatic rings. The van der Waals surface area contributed by atoms with Crippen molar-refractivity contribution in [1.29, 1.82) is 0 Å². The lowest BCUT2D eigenvalue weighted by atomic mass is 10.1. The van der Waals surface area contributed by atoms with Gasteiger partial charge in [-0.25, -0.2) is 4.79 Å². The van der Waals surface area contributed by atoms with E-state index < -0.39 is 0 Å². The second-order valence-electron chi connectivity index (χ2n) is 4.62. The van der Waals surface area contributed by atoms with E-state index in [0.717, 1.165) is 0 Å². The minimum atomic E-state index is -0.128. The van der Waals surface area contributed by atoms with Crippen LogP contribution in [0.15, 0.2) is 17.2 Å². The first-order chi connectivity index (χ1) is 5.84. The molecule has 74 valence electrons. The van der Waals surface area contributed by atoms with Crippen LogP contribution in [0.5, 0.6) is 0 Å². The molecule has 0 N–H and O–H groups in total. The molecule has 0 aliphatic heterocycles. The summed E-state index contributed by atoms with van der Waals surface area (Å²) in [6.07, 6.45) is 3.70. The van der Waals surface area contributed by atoms with E-state index in [1.165, 1.54) is 0 Å². The van der Waals surface area contributed by atoms with Crippen molar-refractivity contribution in [3.05, 3.63) is 22.9 Å². The van der Waals surface area contributed by atoms with Crippen LogP contribution in [0.25, 0.3) is 0 Å². The molecule has 0 bridgehead atoms. The van der Waals surface area contributed by atoms with Crippen molar-refractivity contribution < 1.29 is 0 Å². The van der Waals surface area contributed by atoms with Crippen molar-refractivity contribution in [1.82, 2.24) is 9.13 Å². The van der Waals surface area contributed by atoms with Crippen molar-refractivity contribution >= 4 is 0 Å². The minimum absolute atomic E-state index is 0.0718. The third-order valence-electron chi connectivity index (χ3n) is 2.08. The highest BCUT2D eigenvalue weighted by Crippen LogP contribution is 2.11. The fraction of sp³-hybridized carbons (Fsp3) is 0.700. The van der Waals surface area contributed by atoms with Gasteiger partial charge in [0.25, 0.3) is 0 Å². The first-order valence-electron chi connectivity index (χ1n) is 4.64. The van der Waals surface area contributed by atoms with Crippen LogP contribution in [0.4, 0.5) is 0 Å². The molecule has 0 spiro atoms. The molecule has 13 heavy (non-hydrogen) atoms. The predicted octanol–water partition coefficient (Wildman–Crippen LogP) is 1.99. The van der Waals surface area contributed by atoms with Gasteiger partial charge in [-0.15, -0.1) is 0 Å². The van der Waals surface area contributed by atoms with Crippen LogP contribution in [0.2, 0.25) is 0 Å². The summed E-state index contributed by atoms with van der Waals surface area (Å²) in [5, 5.41) is 0. The van der Waals surface area contributed by atoms with Gasteiger partial charge in [-0.05, 0) is 34.6 Å². The molecule has 1 aromatic heterocycles. The van der Waals surface area contributed by atoms with E-state index in [0.29, 0.717) is 0 Å². The molecule has 0 unspecified atom stereocenters. The van der Waals surface area contributed by atoms with E-state index in [1.807, 2.05) is 47.0 Å². The minimum Gasteiger partial charge on any atom is -0.297 e. The number of hydrogen-bond acceptors (Lipinski definition) is 1. The van der Waals surface area contributed by atoms with Gasteiger partial charge >= 0.3 is 5.69 Å². The normalized spacial score (nSPS) is 12.5. The molecule has 0 aliphatic carbocycles. The molecule has 1 aromatic rings. The third-order valence-corrected chi connectivity index (χ3v) is 2.08. The van der Waals surface area contributed by atoms with Crippen molar-refractivity contribution in [2.24, 2.45) is 0 Å².